The smallest absolute Gasteiger partial charge is 0.271 e. The van der Waals surface area contributed by atoms with Crippen LogP contribution in [0.15, 0.2) is 58.7 Å². The Morgan fingerprint density at radius 2 is 2.26 bits per heavy atom. The fourth-order valence-corrected chi connectivity index (χ4v) is 2.42. The summed E-state index contributed by atoms with van der Waals surface area (Å²) < 4.78 is 5.31. The van der Waals surface area contributed by atoms with Crippen molar-refractivity contribution in [1.82, 2.24) is 0 Å². The lowest BCUT2D eigenvalue weighted by molar-refractivity contribution is -0.384. The molecule has 1 amide bonds. The summed E-state index contributed by atoms with van der Waals surface area (Å²) in [4.78, 5) is 29.0. The van der Waals surface area contributed by atoms with Gasteiger partial charge in [-0.15, -0.1) is 6.58 Å². The van der Waals surface area contributed by atoms with E-state index in [4.69, 9.17) is 4.42 Å². The average Bonchev–Trinajstić information content (AvgIpc) is 3.02. The van der Waals surface area contributed by atoms with Gasteiger partial charge in [-0.1, -0.05) is 6.08 Å². The van der Waals surface area contributed by atoms with Crippen molar-refractivity contribution in [3.63, 3.8) is 0 Å². The summed E-state index contributed by atoms with van der Waals surface area (Å²) in [5.41, 5.74) is 1.23. The van der Waals surface area contributed by atoms with Crippen molar-refractivity contribution in [3.05, 3.63) is 65.1 Å². The largest absolute Gasteiger partial charge is 0.463 e. The van der Waals surface area contributed by atoms with Crippen LogP contribution in [0.5, 0.6) is 0 Å². The monoisotopic (exact) mass is 311 g/mol. The van der Waals surface area contributed by atoms with Gasteiger partial charge in [-0.2, -0.15) is 0 Å². The number of anilines is 1. The molecule has 0 spiro atoms. The number of benzene rings is 1. The average molecular weight is 311 g/mol. The minimum Gasteiger partial charge on any atom is -0.463 e. The highest BCUT2D eigenvalue weighted by molar-refractivity contribution is 6.16. The molecule has 0 radical (unpaired) electrons. The molecular weight excluding hydrogens is 298 g/mol. The van der Waals surface area contributed by atoms with Gasteiger partial charge in [0.15, 0.2) is 0 Å². The zero-order valence-corrected chi connectivity index (χ0v) is 12.1. The highest BCUT2D eigenvalue weighted by Gasteiger charge is 2.26. The number of nitro groups is 1. The molecule has 0 aliphatic carbocycles. The lowest BCUT2D eigenvalue weighted by Crippen LogP contribution is -2.31. The molecule has 2 aromatic rings. The van der Waals surface area contributed by atoms with Crippen LogP contribution in [0.3, 0.4) is 0 Å². The number of hydrogen-bond acceptors (Lipinski definition) is 5. The van der Waals surface area contributed by atoms with Crippen LogP contribution in [0, 0.1) is 10.1 Å². The molecule has 116 valence electrons. The van der Waals surface area contributed by atoms with Crippen molar-refractivity contribution in [2.45, 2.75) is 6.42 Å². The maximum Gasteiger partial charge on any atom is 0.271 e. The molecule has 0 fully saturated rings. The van der Waals surface area contributed by atoms with E-state index in [9.17, 15) is 14.9 Å². The molecule has 1 aromatic carbocycles. The topological polar surface area (TPSA) is 89.0 Å². The van der Waals surface area contributed by atoms with E-state index in [2.05, 4.69) is 11.6 Å². The molecule has 7 nitrogen and oxygen atoms in total. The third-order valence-corrected chi connectivity index (χ3v) is 3.45. The summed E-state index contributed by atoms with van der Waals surface area (Å²) in [5, 5.41) is 11.0. The number of nitrogens with zero attached hydrogens (tertiary/aromatic N) is 3. The van der Waals surface area contributed by atoms with Crippen molar-refractivity contribution in [1.29, 1.82) is 0 Å². The number of aliphatic imine (C=N–C) groups is 1. The lowest BCUT2D eigenvalue weighted by Gasteiger charge is -2.20. The second kappa shape index (κ2) is 5.88. The van der Waals surface area contributed by atoms with Crippen molar-refractivity contribution in [2.24, 2.45) is 4.99 Å². The van der Waals surface area contributed by atoms with Crippen LogP contribution in [0.2, 0.25) is 0 Å². The highest BCUT2D eigenvalue weighted by Crippen LogP contribution is 2.36. The maximum absolute atomic E-state index is 12.5. The molecule has 1 aliphatic heterocycles. The summed E-state index contributed by atoms with van der Waals surface area (Å²) in [6, 6.07) is 7.64. The predicted molar refractivity (Wildman–Crippen MR) is 85.2 cm³/mol. The number of hydrogen-bond donors (Lipinski definition) is 0. The second-order valence-corrected chi connectivity index (χ2v) is 4.94. The molecule has 0 bridgehead atoms. The van der Waals surface area contributed by atoms with E-state index in [0.29, 0.717) is 29.4 Å². The van der Waals surface area contributed by atoms with E-state index in [1.54, 1.807) is 18.2 Å². The van der Waals surface area contributed by atoms with Crippen LogP contribution in [0.1, 0.15) is 12.2 Å². The van der Waals surface area contributed by atoms with Crippen LogP contribution in [0.4, 0.5) is 17.1 Å². The normalized spacial score (nSPS) is 14.0. The van der Waals surface area contributed by atoms with E-state index in [1.165, 1.54) is 29.4 Å². The van der Waals surface area contributed by atoms with E-state index in [0.717, 1.165) is 0 Å². The molecule has 1 aliphatic rings. The molecular formula is C16H13N3O4. The predicted octanol–water partition coefficient (Wildman–Crippen LogP) is 3.23. The summed E-state index contributed by atoms with van der Waals surface area (Å²) in [6.07, 6.45) is 3.13. The van der Waals surface area contributed by atoms with Gasteiger partial charge in [0.05, 0.1) is 34.7 Å². The third-order valence-electron chi connectivity index (χ3n) is 3.45. The first kappa shape index (κ1) is 14.7. The molecule has 23 heavy (non-hydrogen) atoms. The van der Waals surface area contributed by atoms with Gasteiger partial charge in [-0.25, -0.2) is 4.99 Å². The van der Waals surface area contributed by atoms with E-state index in [1.807, 2.05) is 0 Å². The van der Waals surface area contributed by atoms with Crippen LogP contribution in [-0.2, 0) is 4.79 Å². The summed E-state index contributed by atoms with van der Waals surface area (Å²) in [7, 11) is 0. The molecule has 0 saturated carbocycles. The Morgan fingerprint density at radius 1 is 1.43 bits per heavy atom. The number of non-ortho nitro benzene ring substituents is 1. The highest BCUT2D eigenvalue weighted by atomic mass is 16.6. The lowest BCUT2D eigenvalue weighted by atomic mass is 10.2. The van der Waals surface area contributed by atoms with Crippen LogP contribution in [0.25, 0.3) is 0 Å². The van der Waals surface area contributed by atoms with Gasteiger partial charge in [0.2, 0.25) is 5.91 Å². The van der Waals surface area contributed by atoms with Crippen molar-refractivity contribution in [3.8, 4) is 0 Å². The number of furan rings is 1. The summed E-state index contributed by atoms with van der Waals surface area (Å²) >= 11 is 0. The summed E-state index contributed by atoms with van der Waals surface area (Å²) in [5.74, 6) is 0.295. The zero-order chi connectivity index (χ0) is 16.4. The van der Waals surface area contributed by atoms with Crippen LogP contribution >= 0.6 is 0 Å². The first-order valence-electron chi connectivity index (χ1n) is 6.91. The van der Waals surface area contributed by atoms with E-state index < -0.39 is 4.92 Å². The molecule has 0 saturated heterocycles. The molecule has 0 N–H and O–H groups in total. The Kier molecular flexibility index (Phi) is 3.76. The minimum atomic E-state index is -0.493. The first-order chi connectivity index (χ1) is 11.1. The molecule has 2 heterocycles. The quantitative estimate of drug-likeness (QED) is 0.492. The molecule has 3 rings (SSSR count). The van der Waals surface area contributed by atoms with Gasteiger partial charge in [0.25, 0.3) is 5.69 Å². The van der Waals surface area contributed by atoms with Crippen molar-refractivity contribution in [2.75, 3.05) is 11.4 Å². The molecule has 1 aromatic heterocycles. The SMILES string of the molecule is C=CCN1C(=O)CC(c2ccco2)=Nc2cc([N+](=O)[O-])ccc21. The van der Waals surface area contributed by atoms with Crippen molar-refractivity contribution >= 4 is 28.7 Å². The fraction of sp³-hybridized carbons (Fsp3) is 0.125. The number of amides is 1. The number of rotatable bonds is 4. The van der Waals surface area contributed by atoms with Crippen LogP contribution < -0.4 is 4.90 Å². The van der Waals surface area contributed by atoms with E-state index >= 15 is 0 Å². The number of carbonyl (C=O) groups is 1. The number of fused-ring (bicyclic) bond motifs is 1. The van der Waals surface area contributed by atoms with Gasteiger partial charge in [0, 0.05) is 18.7 Å². The number of carbonyl (C=O) groups excluding carboxylic acids is 1. The Hall–Kier alpha value is -3.22. The standard InChI is InChI=1S/C16H13N3O4/c1-2-7-18-14-6-5-11(19(21)22)9-12(14)17-13(10-16(18)20)15-4-3-8-23-15/h2-6,8-9H,1,7,10H2. The number of nitro benzene ring substituents is 1. The third kappa shape index (κ3) is 2.76. The Balaban J connectivity index is 2.17. The van der Waals surface area contributed by atoms with Gasteiger partial charge in [0.1, 0.15) is 5.76 Å². The van der Waals surface area contributed by atoms with Gasteiger partial charge < -0.3 is 9.32 Å². The van der Waals surface area contributed by atoms with Crippen molar-refractivity contribution < 1.29 is 14.1 Å². The maximum atomic E-state index is 12.5. The van der Waals surface area contributed by atoms with E-state index in [-0.39, 0.29) is 18.0 Å². The molecule has 0 atom stereocenters. The Labute approximate surface area is 131 Å². The molecule has 7 heteroatoms. The van der Waals surface area contributed by atoms with Gasteiger partial charge in [-0.05, 0) is 18.2 Å². The zero-order valence-electron chi connectivity index (χ0n) is 12.1. The summed E-state index contributed by atoms with van der Waals surface area (Å²) in [6.45, 7) is 3.95. The van der Waals surface area contributed by atoms with Gasteiger partial charge >= 0.3 is 0 Å². The molecule has 0 unspecified atom stereocenters. The first-order valence-corrected chi connectivity index (χ1v) is 6.91. The fourth-order valence-electron chi connectivity index (χ4n) is 2.42. The van der Waals surface area contributed by atoms with Crippen LogP contribution in [-0.4, -0.2) is 23.1 Å². The second-order valence-electron chi connectivity index (χ2n) is 4.94. The Bertz CT molecular complexity index is 809. The minimum absolute atomic E-state index is 0.0455. The Morgan fingerprint density at radius 3 is 2.91 bits per heavy atom. The van der Waals surface area contributed by atoms with Gasteiger partial charge in [-0.3, -0.25) is 14.9 Å².